The first-order valence-corrected chi connectivity index (χ1v) is 7.38. The number of hydrogen-bond donors (Lipinski definition) is 3. The molecule has 0 aliphatic carbocycles. The Hall–Kier alpha value is -1.44. The lowest BCUT2D eigenvalue weighted by molar-refractivity contribution is -0.139. The van der Waals surface area contributed by atoms with Crippen molar-refractivity contribution >= 4 is 29.7 Å². The lowest BCUT2D eigenvalue weighted by atomic mass is 10.2. The van der Waals surface area contributed by atoms with Crippen LogP contribution in [0, 0.1) is 0 Å². The van der Waals surface area contributed by atoms with Crippen LogP contribution in [0.15, 0.2) is 0 Å². The van der Waals surface area contributed by atoms with Gasteiger partial charge in [0.2, 0.25) is 5.91 Å². The zero-order valence-corrected chi connectivity index (χ0v) is 11.8. The first-order chi connectivity index (χ1) is 8.95. The van der Waals surface area contributed by atoms with E-state index in [1.165, 1.54) is 16.7 Å². The fourth-order valence-corrected chi connectivity index (χ4v) is 2.28. The number of amides is 3. The predicted octanol–water partition coefficient (Wildman–Crippen LogP) is -0.277. The molecule has 3 amide bonds. The van der Waals surface area contributed by atoms with E-state index in [9.17, 15) is 14.4 Å². The molecule has 1 unspecified atom stereocenters. The van der Waals surface area contributed by atoms with Crippen molar-refractivity contribution in [1.82, 2.24) is 15.5 Å². The molecule has 0 aromatic heterocycles. The van der Waals surface area contributed by atoms with E-state index in [2.05, 4.69) is 10.6 Å². The predicted molar refractivity (Wildman–Crippen MR) is 72.1 cm³/mol. The number of likely N-dealkylation sites (N-methyl/N-ethyl adjacent to an activating group) is 1. The largest absolute Gasteiger partial charge is 0.480 e. The van der Waals surface area contributed by atoms with E-state index < -0.39 is 24.1 Å². The lowest BCUT2D eigenvalue weighted by Gasteiger charge is -2.17. The highest BCUT2D eigenvalue weighted by molar-refractivity contribution is 7.98. The summed E-state index contributed by atoms with van der Waals surface area (Å²) >= 11 is 1.51. The first-order valence-electron chi connectivity index (χ1n) is 5.99. The maximum Gasteiger partial charge on any atom is 0.326 e. The van der Waals surface area contributed by atoms with Gasteiger partial charge in [0.1, 0.15) is 12.1 Å². The SMILES string of the molecule is CSCC[C@H](NC(=O)NC1CCN(C)C1=O)C(=O)O. The van der Waals surface area contributed by atoms with E-state index in [1.54, 1.807) is 7.05 Å². The van der Waals surface area contributed by atoms with Gasteiger partial charge in [0.25, 0.3) is 0 Å². The van der Waals surface area contributed by atoms with Crippen molar-refractivity contribution in [2.75, 3.05) is 25.6 Å². The Kier molecular flexibility index (Phi) is 5.94. The number of urea groups is 1. The molecule has 1 saturated heterocycles. The number of hydrogen-bond acceptors (Lipinski definition) is 4. The molecule has 8 heteroatoms. The number of rotatable bonds is 6. The van der Waals surface area contributed by atoms with Crippen LogP contribution in [0.2, 0.25) is 0 Å². The van der Waals surface area contributed by atoms with E-state index >= 15 is 0 Å². The second-order valence-electron chi connectivity index (χ2n) is 4.39. The summed E-state index contributed by atoms with van der Waals surface area (Å²) in [6, 6.07) is -2.09. The molecule has 0 bridgehead atoms. The summed E-state index contributed by atoms with van der Waals surface area (Å²) in [6.07, 6.45) is 2.76. The molecule has 1 heterocycles. The average molecular weight is 289 g/mol. The number of carboxylic acids is 1. The second-order valence-corrected chi connectivity index (χ2v) is 5.38. The molecule has 0 spiro atoms. The van der Waals surface area contributed by atoms with Crippen LogP contribution >= 0.6 is 11.8 Å². The maximum absolute atomic E-state index is 11.7. The van der Waals surface area contributed by atoms with Gasteiger partial charge in [-0.05, 0) is 24.9 Å². The number of nitrogens with zero attached hydrogens (tertiary/aromatic N) is 1. The molecule has 108 valence electrons. The molecule has 0 aromatic carbocycles. The van der Waals surface area contributed by atoms with Crippen LogP contribution in [-0.2, 0) is 9.59 Å². The highest BCUT2D eigenvalue weighted by Gasteiger charge is 2.31. The Morgan fingerprint density at radius 2 is 2.26 bits per heavy atom. The van der Waals surface area contributed by atoms with Crippen molar-refractivity contribution in [2.45, 2.75) is 24.9 Å². The van der Waals surface area contributed by atoms with Crippen LogP contribution in [0.25, 0.3) is 0 Å². The number of aliphatic carboxylic acids is 1. The van der Waals surface area contributed by atoms with Crippen molar-refractivity contribution in [2.24, 2.45) is 0 Å². The monoisotopic (exact) mass is 289 g/mol. The molecule has 1 aliphatic heterocycles. The number of likely N-dealkylation sites (tertiary alicyclic amines) is 1. The quantitative estimate of drug-likeness (QED) is 0.625. The first kappa shape index (κ1) is 15.6. The normalized spacial score (nSPS) is 20.2. The molecule has 1 fully saturated rings. The minimum absolute atomic E-state index is 0.147. The van der Waals surface area contributed by atoms with Crippen molar-refractivity contribution < 1.29 is 19.5 Å². The van der Waals surface area contributed by atoms with Crippen LogP contribution in [0.3, 0.4) is 0 Å². The zero-order valence-electron chi connectivity index (χ0n) is 11.0. The maximum atomic E-state index is 11.7. The van der Waals surface area contributed by atoms with E-state index in [0.29, 0.717) is 25.1 Å². The molecule has 1 rings (SSSR count). The topological polar surface area (TPSA) is 98.7 Å². The fraction of sp³-hybridized carbons (Fsp3) is 0.727. The molecule has 0 radical (unpaired) electrons. The van der Waals surface area contributed by atoms with Crippen molar-refractivity contribution in [3.05, 3.63) is 0 Å². The number of nitrogens with one attached hydrogen (secondary N) is 2. The Labute approximate surface area is 116 Å². The van der Waals surface area contributed by atoms with Gasteiger partial charge in [-0.25, -0.2) is 9.59 Å². The minimum Gasteiger partial charge on any atom is -0.480 e. The van der Waals surface area contributed by atoms with Gasteiger partial charge in [-0.15, -0.1) is 0 Å². The molecule has 0 saturated carbocycles. The number of carbonyl (C=O) groups excluding carboxylic acids is 2. The summed E-state index contributed by atoms with van der Waals surface area (Å²) in [5.74, 6) is -0.576. The summed E-state index contributed by atoms with van der Waals surface area (Å²) in [6.45, 7) is 0.596. The average Bonchev–Trinajstić information content (AvgIpc) is 2.66. The van der Waals surface area contributed by atoms with Gasteiger partial charge in [-0.3, -0.25) is 4.79 Å². The molecule has 7 nitrogen and oxygen atoms in total. The fourth-order valence-electron chi connectivity index (χ4n) is 1.81. The van der Waals surface area contributed by atoms with Crippen molar-refractivity contribution in [3.8, 4) is 0 Å². The minimum atomic E-state index is -1.07. The van der Waals surface area contributed by atoms with Crippen LogP contribution in [-0.4, -0.2) is 65.6 Å². The summed E-state index contributed by atoms with van der Waals surface area (Å²) in [5.41, 5.74) is 0. The second kappa shape index (κ2) is 7.22. The van der Waals surface area contributed by atoms with Gasteiger partial charge in [0.05, 0.1) is 0 Å². The Balaban J connectivity index is 2.44. The molecule has 1 aliphatic rings. The van der Waals surface area contributed by atoms with Crippen LogP contribution in [0.1, 0.15) is 12.8 Å². The van der Waals surface area contributed by atoms with E-state index in [-0.39, 0.29) is 5.91 Å². The van der Waals surface area contributed by atoms with Gasteiger partial charge >= 0.3 is 12.0 Å². The Morgan fingerprint density at radius 3 is 2.74 bits per heavy atom. The van der Waals surface area contributed by atoms with Crippen molar-refractivity contribution in [1.29, 1.82) is 0 Å². The molecular formula is C11H19N3O4S. The summed E-state index contributed by atoms with van der Waals surface area (Å²) in [5, 5.41) is 13.9. The van der Waals surface area contributed by atoms with E-state index in [1.807, 2.05) is 6.26 Å². The van der Waals surface area contributed by atoms with Crippen LogP contribution in [0.4, 0.5) is 4.79 Å². The summed E-state index contributed by atoms with van der Waals surface area (Å²) < 4.78 is 0. The zero-order chi connectivity index (χ0) is 14.4. The molecule has 3 N–H and O–H groups in total. The third-order valence-electron chi connectivity index (χ3n) is 2.95. The Bertz CT molecular complexity index is 364. The third kappa shape index (κ3) is 4.62. The molecular weight excluding hydrogens is 270 g/mol. The Morgan fingerprint density at radius 1 is 1.58 bits per heavy atom. The van der Waals surface area contributed by atoms with Crippen LogP contribution in [0.5, 0.6) is 0 Å². The van der Waals surface area contributed by atoms with E-state index in [4.69, 9.17) is 5.11 Å². The van der Waals surface area contributed by atoms with E-state index in [0.717, 1.165) is 0 Å². The van der Waals surface area contributed by atoms with Crippen molar-refractivity contribution in [3.63, 3.8) is 0 Å². The summed E-state index contributed by atoms with van der Waals surface area (Å²) in [7, 11) is 1.67. The highest BCUT2D eigenvalue weighted by atomic mass is 32.2. The third-order valence-corrected chi connectivity index (χ3v) is 3.59. The van der Waals surface area contributed by atoms with Gasteiger partial charge in [0, 0.05) is 13.6 Å². The highest BCUT2D eigenvalue weighted by Crippen LogP contribution is 2.08. The number of carboxylic acid groups (broad SMARTS) is 1. The number of thioether (sulfide) groups is 1. The lowest BCUT2D eigenvalue weighted by Crippen LogP contribution is -2.50. The number of carbonyl (C=O) groups is 3. The molecule has 2 atom stereocenters. The van der Waals surface area contributed by atoms with Gasteiger partial charge < -0.3 is 20.6 Å². The molecule has 0 aromatic rings. The van der Waals surface area contributed by atoms with Gasteiger partial charge in [-0.1, -0.05) is 0 Å². The molecule has 19 heavy (non-hydrogen) atoms. The van der Waals surface area contributed by atoms with Crippen LogP contribution < -0.4 is 10.6 Å². The standard InChI is InChI=1S/C11H19N3O4S/c1-14-5-3-7(9(14)15)12-11(18)13-8(10(16)17)4-6-19-2/h7-8H,3-6H2,1-2H3,(H,16,17)(H2,12,13,18)/t7?,8-/m0/s1. The van der Waals surface area contributed by atoms with Gasteiger partial charge in [0.15, 0.2) is 0 Å². The van der Waals surface area contributed by atoms with Gasteiger partial charge in [-0.2, -0.15) is 11.8 Å². The summed E-state index contributed by atoms with van der Waals surface area (Å²) in [4.78, 5) is 35.8. The smallest absolute Gasteiger partial charge is 0.326 e.